The fraction of sp³-hybridized carbons (Fsp3) is 0.750. The Balaban J connectivity index is 1.63. The van der Waals surface area contributed by atoms with E-state index in [0.717, 1.165) is 42.8 Å². The molecular weight excluding hydrogens is 296 g/mol. The molecule has 0 saturated heterocycles. The molecule has 124 valence electrons. The first-order valence-electron chi connectivity index (χ1n) is 8.13. The molecule has 22 heavy (non-hydrogen) atoms. The van der Waals surface area contributed by atoms with E-state index in [0.29, 0.717) is 6.10 Å². The van der Waals surface area contributed by atoms with E-state index < -0.39 is 0 Å². The van der Waals surface area contributed by atoms with Crippen molar-refractivity contribution in [2.75, 3.05) is 27.2 Å². The Morgan fingerprint density at radius 3 is 2.91 bits per heavy atom. The van der Waals surface area contributed by atoms with Gasteiger partial charge in [0.1, 0.15) is 0 Å². The van der Waals surface area contributed by atoms with Crippen molar-refractivity contribution in [3.05, 3.63) is 16.1 Å². The van der Waals surface area contributed by atoms with Crippen LogP contribution in [0.2, 0.25) is 0 Å². The van der Waals surface area contributed by atoms with Crippen LogP contribution in [0.1, 0.15) is 42.8 Å². The number of rotatable bonds is 7. The Bertz CT molecular complexity index is 468. The predicted octanol–water partition coefficient (Wildman–Crippen LogP) is 2.81. The quantitative estimate of drug-likeness (QED) is 0.476. The maximum atomic E-state index is 5.88. The molecule has 0 unspecified atom stereocenters. The zero-order chi connectivity index (χ0) is 15.8. The van der Waals surface area contributed by atoms with Crippen LogP contribution in [0.25, 0.3) is 0 Å². The zero-order valence-corrected chi connectivity index (χ0v) is 14.8. The molecular formula is C16H28N4OS. The molecule has 0 aliphatic heterocycles. The third kappa shape index (κ3) is 5.57. The molecule has 1 aliphatic carbocycles. The number of aromatic nitrogens is 1. The van der Waals surface area contributed by atoms with Gasteiger partial charge in [0.05, 0.1) is 23.4 Å². The maximum absolute atomic E-state index is 5.88. The first kappa shape index (κ1) is 17.2. The normalized spacial score (nSPS) is 16.2. The van der Waals surface area contributed by atoms with Crippen molar-refractivity contribution < 1.29 is 4.74 Å². The van der Waals surface area contributed by atoms with E-state index in [1.54, 1.807) is 11.3 Å². The number of hydrogen-bond donors (Lipinski definition) is 1. The van der Waals surface area contributed by atoms with Crippen molar-refractivity contribution in [1.82, 2.24) is 15.2 Å². The van der Waals surface area contributed by atoms with Gasteiger partial charge in [-0.25, -0.2) is 4.98 Å². The van der Waals surface area contributed by atoms with Gasteiger partial charge >= 0.3 is 0 Å². The number of ether oxygens (including phenoxy) is 1. The fourth-order valence-electron chi connectivity index (χ4n) is 2.76. The Morgan fingerprint density at radius 1 is 1.50 bits per heavy atom. The van der Waals surface area contributed by atoms with Gasteiger partial charge in [-0.2, -0.15) is 0 Å². The van der Waals surface area contributed by atoms with Gasteiger partial charge in [0.2, 0.25) is 0 Å². The van der Waals surface area contributed by atoms with Crippen LogP contribution in [0.5, 0.6) is 0 Å². The zero-order valence-electron chi connectivity index (χ0n) is 14.0. The van der Waals surface area contributed by atoms with Crippen LogP contribution in [0.15, 0.2) is 10.4 Å². The monoisotopic (exact) mass is 324 g/mol. The van der Waals surface area contributed by atoms with Crippen LogP contribution in [0.4, 0.5) is 0 Å². The predicted molar refractivity (Wildman–Crippen MR) is 92.5 cm³/mol. The van der Waals surface area contributed by atoms with Gasteiger partial charge in [0.15, 0.2) is 5.96 Å². The SMILES string of the molecule is CN=C(NCCCOC1CCCC1)N(C)Cc1csc(C)n1. The van der Waals surface area contributed by atoms with Crippen LogP contribution in [0, 0.1) is 6.92 Å². The number of aryl methyl sites for hydroxylation is 1. The molecule has 2 rings (SSSR count). The van der Waals surface area contributed by atoms with Gasteiger partial charge < -0.3 is 15.0 Å². The molecule has 5 nitrogen and oxygen atoms in total. The van der Waals surface area contributed by atoms with E-state index in [-0.39, 0.29) is 0 Å². The van der Waals surface area contributed by atoms with Gasteiger partial charge in [-0.15, -0.1) is 11.3 Å². The molecule has 1 heterocycles. The number of thiazole rings is 1. The summed E-state index contributed by atoms with van der Waals surface area (Å²) in [6.07, 6.45) is 6.66. The number of aliphatic imine (C=N–C) groups is 1. The van der Waals surface area contributed by atoms with Crippen LogP contribution in [-0.2, 0) is 11.3 Å². The highest BCUT2D eigenvalue weighted by atomic mass is 32.1. The minimum absolute atomic E-state index is 0.509. The first-order valence-corrected chi connectivity index (χ1v) is 9.01. The van der Waals surface area contributed by atoms with Crippen molar-refractivity contribution >= 4 is 17.3 Å². The first-order chi connectivity index (χ1) is 10.7. The van der Waals surface area contributed by atoms with Gasteiger partial charge in [-0.3, -0.25) is 4.99 Å². The smallest absolute Gasteiger partial charge is 0.193 e. The molecule has 0 bridgehead atoms. The summed E-state index contributed by atoms with van der Waals surface area (Å²) in [4.78, 5) is 10.9. The number of nitrogens with one attached hydrogen (secondary N) is 1. The molecule has 0 amide bonds. The summed E-state index contributed by atoms with van der Waals surface area (Å²) < 4.78 is 5.88. The average Bonchev–Trinajstić information content (AvgIpc) is 3.14. The van der Waals surface area contributed by atoms with Crippen molar-refractivity contribution in [3.63, 3.8) is 0 Å². The highest BCUT2D eigenvalue weighted by molar-refractivity contribution is 7.09. The van der Waals surface area contributed by atoms with E-state index >= 15 is 0 Å². The molecule has 1 aromatic heterocycles. The molecule has 6 heteroatoms. The van der Waals surface area contributed by atoms with Crippen LogP contribution in [-0.4, -0.2) is 49.2 Å². The summed E-state index contributed by atoms with van der Waals surface area (Å²) in [5.74, 6) is 0.909. The van der Waals surface area contributed by atoms with E-state index in [1.807, 2.05) is 21.0 Å². The lowest BCUT2D eigenvalue weighted by atomic mass is 10.3. The second-order valence-corrected chi connectivity index (χ2v) is 6.88. The van der Waals surface area contributed by atoms with Gasteiger partial charge in [0.25, 0.3) is 0 Å². The molecule has 0 atom stereocenters. The van der Waals surface area contributed by atoms with Crippen LogP contribution < -0.4 is 5.32 Å². The Morgan fingerprint density at radius 2 is 2.27 bits per heavy atom. The molecule has 1 saturated carbocycles. The van der Waals surface area contributed by atoms with Crippen molar-refractivity contribution in [1.29, 1.82) is 0 Å². The Hall–Kier alpha value is -1.14. The van der Waals surface area contributed by atoms with Crippen molar-refractivity contribution in [3.8, 4) is 0 Å². The van der Waals surface area contributed by atoms with Gasteiger partial charge in [-0.1, -0.05) is 12.8 Å². The molecule has 1 N–H and O–H groups in total. The number of nitrogens with zero attached hydrogens (tertiary/aromatic N) is 3. The minimum atomic E-state index is 0.509. The van der Waals surface area contributed by atoms with E-state index in [9.17, 15) is 0 Å². The topological polar surface area (TPSA) is 49.8 Å². The molecule has 0 aromatic carbocycles. The number of hydrogen-bond acceptors (Lipinski definition) is 4. The fourth-order valence-corrected chi connectivity index (χ4v) is 3.36. The summed E-state index contributed by atoms with van der Waals surface area (Å²) in [7, 11) is 3.86. The summed E-state index contributed by atoms with van der Waals surface area (Å²) in [5.41, 5.74) is 1.09. The standard InChI is InChI=1S/C16H28N4OS/c1-13-19-14(12-22-13)11-20(3)16(17-2)18-9-6-10-21-15-7-4-5-8-15/h12,15H,4-11H2,1-3H3,(H,17,18). The second-order valence-electron chi connectivity index (χ2n) is 5.82. The summed E-state index contributed by atoms with van der Waals surface area (Å²) in [5, 5.41) is 6.61. The third-order valence-electron chi connectivity index (χ3n) is 3.90. The molecule has 1 fully saturated rings. The molecule has 1 aliphatic rings. The molecule has 0 radical (unpaired) electrons. The molecule has 0 spiro atoms. The van der Waals surface area contributed by atoms with E-state index in [4.69, 9.17) is 4.74 Å². The third-order valence-corrected chi connectivity index (χ3v) is 4.72. The van der Waals surface area contributed by atoms with Crippen LogP contribution in [0.3, 0.4) is 0 Å². The maximum Gasteiger partial charge on any atom is 0.193 e. The summed E-state index contributed by atoms with van der Waals surface area (Å²) >= 11 is 1.69. The molecule has 1 aromatic rings. The Labute approximate surface area is 137 Å². The summed E-state index contributed by atoms with van der Waals surface area (Å²) in [6.45, 7) is 4.54. The highest BCUT2D eigenvalue weighted by Gasteiger charge is 2.14. The summed E-state index contributed by atoms with van der Waals surface area (Å²) in [6, 6.07) is 0. The Kier molecular flexibility index (Phi) is 7.12. The van der Waals surface area contributed by atoms with Crippen molar-refractivity contribution in [2.24, 2.45) is 4.99 Å². The van der Waals surface area contributed by atoms with Gasteiger partial charge in [0, 0.05) is 32.6 Å². The van der Waals surface area contributed by atoms with Gasteiger partial charge in [-0.05, 0) is 26.2 Å². The lowest BCUT2D eigenvalue weighted by Crippen LogP contribution is -2.39. The lowest BCUT2D eigenvalue weighted by Gasteiger charge is -2.21. The van der Waals surface area contributed by atoms with E-state index in [2.05, 4.69) is 25.6 Å². The van der Waals surface area contributed by atoms with Crippen LogP contribution >= 0.6 is 11.3 Å². The minimum Gasteiger partial charge on any atom is -0.378 e. The van der Waals surface area contributed by atoms with E-state index in [1.165, 1.54) is 25.7 Å². The highest BCUT2D eigenvalue weighted by Crippen LogP contribution is 2.20. The number of guanidine groups is 1. The average molecular weight is 324 g/mol. The largest absolute Gasteiger partial charge is 0.378 e. The van der Waals surface area contributed by atoms with Crippen molar-refractivity contribution in [2.45, 2.75) is 51.7 Å². The lowest BCUT2D eigenvalue weighted by molar-refractivity contribution is 0.0573. The second kappa shape index (κ2) is 9.10.